The van der Waals surface area contributed by atoms with Crippen molar-refractivity contribution in [2.45, 2.75) is 25.5 Å². The van der Waals surface area contributed by atoms with Gasteiger partial charge in [-0.3, -0.25) is 0 Å². The average molecular weight is 411 g/mol. The van der Waals surface area contributed by atoms with E-state index in [0.29, 0.717) is 11.1 Å². The van der Waals surface area contributed by atoms with Crippen LogP contribution in [-0.4, -0.2) is 17.4 Å². The second kappa shape index (κ2) is 6.29. The van der Waals surface area contributed by atoms with E-state index >= 15 is 0 Å². The maximum atomic E-state index is 13.9. The van der Waals surface area contributed by atoms with Crippen LogP contribution in [0.5, 0.6) is 0 Å². The summed E-state index contributed by atoms with van der Waals surface area (Å²) < 4.78 is 40.9. The van der Waals surface area contributed by atoms with Gasteiger partial charge in [0, 0.05) is 12.3 Å². The molecule has 0 bridgehead atoms. The lowest BCUT2D eigenvalue weighted by molar-refractivity contribution is 0.587. The maximum Gasteiger partial charge on any atom is 0.243 e. The minimum absolute atomic E-state index is 0.0607. The van der Waals surface area contributed by atoms with Crippen LogP contribution in [-0.2, 0) is 15.8 Å². The molecule has 0 amide bonds. The first-order valence-corrected chi connectivity index (χ1v) is 9.84. The molecular formula is C17H16BrFN2O2S. The molecule has 0 atom stereocenters. The molecule has 7 heteroatoms. The van der Waals surface area contributed by atoms with E-state index in [1.807, 2.05) is 19.9 Å². The van der Waals surface area contributed by atoms with Crippen LogP contribution in [0.4, 0.5) is 4.39 Å². The van der Waals surface area contributed by atoms with Gasteiger partial charge < -0.3 is 0 Å². The first-order valence-electron chi connectivity index (χ1n) is 7.44. The summed E-state index contributed by atoms with van der Waals surface area (Å²) in [5, 5.41) is 0. The van der Waals surface area contributed by atoms with Crippen LogP contribution in [0.15, 0.2) is 47.2 Å². The molecule has 3 aromatic rings. The summed E-state index contributed by atoms with van der Waals surface area (Å²) in [7, 11) is -3.69. The number of fused-ring (bicyclic) bond motifs is 1. The lowest BCUT2D eigenvalue weighted by Gasteiger charge is -2.07. The van der Waals surface area contributed by atoms with Gasteiger partial charge in [-0.1, -0.05) is 44.2 Å². The number of halogens is 2. The number of hydrogen-bond donors (Lipinski definition) is 0. The van der Waals surface area contributed by atoms with Gasteiger partial charge in [-0.25, -0.2) is 21.8 Å². The number of pyridine rings is 1. The van der Waals surface area contributed by atoms with Gasteiger partial charge in [0.25, 0.3) is 0 Å². The van der Waals surface area contributed by atoms with Gasteiger partial charge in [0.2, 0.25) is 10.0 Å². The summed E-state index contributed by atoms with van der Waals surface area (Å²) in [5.41, 5.74) is 2.20. The smallest absolute Gasteiger partial charge is 0.243 e. The van der Waals surface area contributed by atoms with E-state index in [1.54, 1.807) is 30.5 Å². The highest BCUT2D eigenvalue weighted by Crippen LogP contribution is 2.30. The molecule has 2 aromatic heterocycles. The lowest BCUT2D eigenvalue weighted by atomic mass is 10.1. The van der Waals surface area contributed by atoms with E-state index in [9.17, 15) is 12.8 Å². The molecule has 0 radical (unpaired) electrons. The molecule has 1 aromatic carbocycles. The van der Waals surface area contributed by atoms with Gasteiger partial charge in [0.1, 0.15) is 4.60 Å². The van der Waals surface area contributed by atoms with Crippen molar-refractivity contribution in [1.82, 2.24) is 8.96 Å². The molecule has 0 N–H and O–H groups in total. The summed E-state index contributed by atoms with van der Waals surface area (Å²) in [5.74, 6) is -0.690. The monoisotopic (exact) mass is 410 g/mol. The third-order valence-electron chi connectivity index (χ3n) is 3.79. The molecule has 2 heterocycles. The van der Waals surface area contributed by atoms with Crippen LogP contribution in [0.25, 0.3) is 11.0 Å². The molecule has 0 unspecified atom stereocenters. The summed E-state index contributed by atoms with van der Waals surface area (Å²) in [6.07, 6.45) is 1.55. The molecule has 0 saturated heterocycles. The molecule has 24 heavy (non-hydrogen) atoms. The van der Waals surface area contributed by atoms with E-state index in [4.69, 9.17) is 0 Å². The normalized spacial score (nSPS) is 12.2. The zero-order valence-corrected chi connectivity index (χ0v) is 15.6. The van der Waals surface area contributed by atoms with E-state index in [0.717, 1.165) is 9.54 Å². The largest absolute Gasteiger partial charge is 0.243 e. The third-order valence-corrected chi connectivity index (χ3v) is 5.95. The number of benzene rings is 1. The first kappa shape index (κ1) is 17.1. The van der Waals surface area contributed by atoms with Crippen LogP contribution < -0.4 is 0 Å². The minimum atomic E-state index is -3.69. The molecule has 0 aliphatic heterocycles. The molecule has 0 spiro atoms. The SMILES string of the molecule is CC(C)c1cn(S(=O)(=O)Cc2ccccc2)c2cc(F)c(Br)nc12. The van der Waals surface area contributed by atoms with E-state index in [1.165, 1.54) is 6.07 Å². The molecular weight excluding hydrogens is 395 g/mol. The number of rotatable bonds is 4. The molecule has 4 nitrogen and oxygen atoms in total. The highest BCUT2D eigenvalue weighted by atomic mass is 79.9. The van der Waals surface area contributed by atoms with Crippen molar-refractivity contribution in [1.29, 1.82) is 0 Å². The Bertz CT molecular complexity index is 998. The molecule has 0 aliphatic rings. The summed E-state index contributed by atoms with van der Waals surface area (Å²) in [6.45, 7) is 3.89. The van der Waals surface area contributed by atoms with Crippen molar-refractivity contribution in [3.8, 4) is 0 Å². The second-order valence-electron chi connectivity index (χ2n) is 5.91. The number of hydrogen-bond acceptors (Lipinski definition) is 3. The molecule has 0 fully saturated rings. The Hall–Kier alpha value is -1.73. The van der Waals surface area contributed by atoms with Crippen LogP contribution >= 0.6 is 15.9 Å². The fraction of sp³-hybridized carbons (Fsp3) is 0.235. The van der Waals surface area contributed by atoms with Crippen molar-refractivity contribution in [3.63, 3.8) is 0 Å². The van der Waals surface area contributed by atoms with Crippen molar-refractivity contribution < 1.29 is 12.8 Å². The Morgan fingerprint density at radius 1 is 1.25 bits per heavy atom. The zero-order valence-electron chi connectivity index (χ0n) is 13.2. The summed E-state index contributed by atoms with van der Waals surface area (Å²) in [4.78, 5) is 4.19. The van der Waals surface area contributed by atoms with Gasteiger partial charge in [-0.15, -0.1) is 0 Å². The molecule has 0 aliphatic carbocycles. The highest BCUT2D eigenvalue weighted by molar-refractivity contribution is 9.10. The molecule has 0 saturated carbocycles. The molecule has 3 rings (SSSR count). The van der Waals surface area contributed by atoms with E-state index in [2.05, 4.69) is 20.9 Å². The second-order valence-corrected chi connectivity index (χ2v) is 8.50. The van der Waals surface area contributed by atoms with Crippen LogP contribution in [0, 0.1) is 5.82 Å². The van der Waals surface area contributed by atoms with E-state index in [-0.39, 0.29) is 21.8 Å². The number of aromatic nitrogens is 2. The Morgan fingerprint density at radius 3 is 2.54 bits per heavy atom. The third kappa shape index (κ3) is 3.10. The Balaban J connectivity index is 2.20. The minimum Gasteiger partial charge on any atom is -0.243 e. The van der Waals surface area contributed by atoms with Gasteiger partial charge >= 0.3 is 0 Å². The first-order chi connectivity index (χ1) is 11.3. The van der Waals surface area contributed by atoms with Gasteiger partial charge in [0.05, 0.1) is 16.8 Å². The van der Waals surface area contributed by atoms with Crippen LogP contribution in [0.3, 0.4) is 0 Å². The maximum absolute atomic E-state index is 13.9. The number of nitrogens with zero attached hydrogens (tertiary/aromatic N) is 2. The fourth-order valence-corrected chi connectivity index (χ4v) is 4.36. The van der Waals surface area contributed by atoms with Gasteiger partial charge in [0.15, 0.2) is 5.82 Å². The summed E-state index contributed by atoms with van der Waals surface area (Å²) >= 11 is 3.07. The standard InChI is InChI=1S/C17H16BrFN2O2S/c1-11(2)13-9-21(15-8-14(19)17(18)20-16(13)15)24(22,23)10-12-6-4-3-5-7-12/h3-9,11H,10H2,1-2H3. The van der Waals surface area contributed by atoms with Crippen LogP contribution in [0.2, 0.25) is 0 Å². The van der Waals surface area contributed by atoms with Crippen molar-refractivity contribution in [2.75, 3.05) is 0 Å². The molecule has 126 valence electrons. The van der Waals surface area contributed by atoms with Crippen molar-refractivity contribution in [3.05, 3.63) is 64.1 Å². The Labute approximate surface area is 148 Å². The quantitative estimate of drug-likeness (QED) is 0.597. The van der Waals surface area contributed by atoms with Crippen LogP contribution in [0.1, 0.15) is 30.9 Å². The summed E-state index contributed by atoms with van der Waals surface area (Å²) in [6, 6.07) is 10.1. The predicted molar refractivity (Wildman–Crippen MR) is 95.9 cm³/mol. The van der Waals surface area contributed by atoms with Crippen molar-refractivity contribution in [2.24, 2.45) is 0 Å². The average Bonchev–Trinajstić information content (AvgIpc) is 2.88. The van der Waals surface area contributed by atoms with E-state index < -0.39 is 15.8 Å². The Morgan fingerprint density at radius 2 is 1.92 bits per heavy atom. The zero-order chi connectivity index (χ0) is 17.5. The van der Waals surface area contributed by atoms with Gasteiger partial charge in [-0.2, -0.15) is 0 Å². The van der Waals surface area contributed by atoms with Crippen molar-refractivity contribution >= 4 is 37.0 Å². The highest BCUT2D eigenvalue weighted by Gasteiger charge is 2.23. The fourth-order valence-electron chi connectivity index (χ4n) is 2.60. The topological polar surface area (TPSA) is 52.0 Å². The lowest BCUT2D eigenvalue weighted by Crippen LogP contribution is -2.14. The van der Waals surface area contributed by atoms with Gasteiger partial charge in [-0.05, 0) is 33.0 Å². The predicted octanol–water partition coefficient (Wildman–Crippen LogP) is 4.44. The Kier molecular flexibility index (Phi) is 4.48.